The van der Waals surface area contributed by atoms with Crippen molar-refractivity contribution >= 4 is 32.9 Å². The molecule has 0 atom stereocenters. The Kier molecular flexibility index (Phi) is 3.06. The van der Waals surface area contributed by atoms with Crippen molar-refractivity contribution in [2.75, 3.05) is 0 Å². The molecule has 2 aromatic heterocycles. The highest BCUT2D eigenvalue weighted by molar-refractivity contribution is 6.16. The lowest BCUT2D eigenvalue weighted by molar-refractivity contribution is -0.383. The van der Waals surface area contributed by atoms with Gasteiger partial charge in [-0.2, -0.15) is 0 Å². The summed E-state index contributed by atoms with van der Waals surface area (Å²) in [4.78, 5) is 11.4. The molecule has 0 aliphatic heterocycles. The van der Waals surface area contributed by atoms with Crippen molar-refractivity contribution in [3.63, 3.8) is 0 Å². The number of rotatable bonds is 2. The summed E-state index contributed by atoms with van der Waals surface area (Å²) in [6, 6.07) is 27.4. The average Bonchev–Trinajstić information content (AvgIpc) is 3.14. The number of pyridine rings is 1. The zero-order valence-electron chi connectivity index (χ0n) is 13.8. The maximum atomic E-state index is 11.7. The first kappa shape index (κ1) is 14.7. The first-order valence-corrected chi connectivity index (χ1v) is 8.40. The molecule has 0 amide bonds. The van der Waals surface area contributed by atoms with Gasteiger partial charge in [0.1, 0.15) is 0 Å². The highest BCUT2D eigenvalue weighted by Crippen LogP contribution is 2.38. The van der Waals surface area contributed by atoms with E-state index in [1.807, 2.05) is 48.5 Å². The molecule has 0 N–H and O–H groups in total. The van der Waals surface area contributed by atoms with E-state index < -0.39 is 0 Å². The highest BCUT2D eigenvalue weighted by Gasteiger charge is 2.19. The van der Waals surface area contributed by atoms with Crippen molar-refractivity contribution in [3.05, 3.63) is 95.0 Å². The standard InChI is InChI=1S/C22H14N2O2/c25-24(26)21-12-6-11-20-22(21)17-10-5-4-9-16(17)19-14-13-18(23(19)20)15-7-2-1-3-8-15/h1-14H. The van der Waals surface area contributed by atoms with Crippen LogP contribution in [0.3, 0.4) is 0 Å². The number of aromatic nitrogens is 1. The molecule has 5 aromatic rings. The third-order valence-electron chi connectivity index (χ3n) is 4.88. The smallest absolute Gasteiger partial charge is 0.279 e. The fourth-order valence-corrected chi connectivity index (χ4v) is 3.81. The third kappa shape index (κ3) is 1.96. The van der Waals surface area contributed by atoms with E-state index in [9.17, 15) is 10.1 Å². The van der Waals surface area contributed by atoms with Crippen LogP contribution in [0.15, 0.2) is 84.9 Å². The topological polar surface area (TPSA) is 47.5 Å². The van der Waals surface area contributed by atoms with Gasteiger partial charge in [-0.1, -0.05) is 60.7 Å². The van der Waals surface area contributed by atoms with E-state index in [0.29, 0.717) is 5.39 Å². The molecular weight excluding hydrogens is 324 g/mol. The Bertz CT molecular complexity index is 1300. The molecule has 4 nitrogen and oxygen atoms in total. The first-order valence-electron chi connectivity index (χ1n) is 8.40. The van der Waals surface area contributed by atoms with Crippen LogP contribution in [0.4, 0.5) is 5.69 Å². The third-order valence-corrected chi connectivity index (χ3v) is 4.88. The monoisotopic (exact) mass is 338 g/mol. The summed E-state index contributed by atoms with van der Waals surface area (Å²) in [5.74, 6) is 0. The molecule has 0 radical (unpaired) electrons. The van der Waals surface area contributed by atoms with Crippen LogP contribution in [-0.4, -0.2) is 9.32 Å². The van der Waals surface area contributed by atoms with Crippen LogP contribution in [0.5, 0.6) is 0 Å². The van der Waals surface area contributed by atoms with E-state index in [4.69, 9.17) is 0 Å². The summed E-state index contributed by atoms with van der Waals surface area (Å²) >= 11 is 0. The number of non-ortho nitro benzene ring substituents is 1. The Morgan fingerprint density at radius 3 is 2.19 bits per heavy atom. The minimum absolute atomic E-state index is 0.133. The van der Waals surface area contributed by atoms with E-state index in [2.05, 4.69) is 28.7 Å². The van der Waals surface area contributed by atoms with Gasteiger partial charge in [0.15, 0.2) is 0 Å². The summed E-state index contributed by atoms with van der Waals surface area (Å²) in [6.07, 6.45) is 0. The summed E-state index contributed by atoms with van der Waals surface area (Å²) in [5.41, 5.74) is 4.13. The van der Waals surface area contributed by atoms with Crippen LogP contribution >= 0.6 is 0 Å². The van der Waals surface area contributed by atoms with Gasteiger partial charge in [0, 0.05) is 16.8 Å². The van der Waals surface area contributed by atoms with Crippen LogP contribution in [0.25, 0.3) is 38.4 Å². The molecule has 5 rings (SSSR count). The second-order valence-corrected chi connectivity index (χ2v) is 6.28. The molecule has 26 heavy (non-hydrogen) atoms. The van der Waals surface area contributed by atoms with E-state index in [1.165, 1.54) is 0 Å². The van der Waals surface area contributed by atoms with E-state index in [-0.39, 0.29) is 10.6 Å². The summed E-state index contributed by atoms with van der Waals surface area (Å²) in [6.45, 7) is 0. The normalized spacial score (nSPS) is 11.4. The van der Waals surface area contributed by atoms with Gasteiger partial charge in [-0.25, -0.2) is 0 Å². The predicted octanol–water partition coefficient (Wildman–Crippen LogP) is 5.82. The molecule has 0 unspecified atom stereocenters. The quantitative estimate of drug-likeness (QED) is 0.231. The van der Waals surface area contributed by atoms with Gasteiger partial charge in [-0.05, 0) is 23.8 Å². The predicted molar refractivity (Wildman–Crippen MR) is 104 cm³/mol. The summed E-state index contributed by atoms with van der Waals surface area (Å²) < 4.78 is 2.12. The number of hydrogen-bond acceptors (Lipinski definition) is 2. The number of nitro benzene ring substituents is 1. The number of nitro groups is 1. The second-order valence-electron chi connectivity index (χ2n) is 6.28. The lowest BCUT2D eigenvalue weighted by Gasteiger charge is -2.12. The fraction of sp³-hybridized carbons (Fsp3) is 0. The molecule has 0 fully saturated rings. The molecule has 0 aliphatic carbocycles. The van der Waals surface area contributed by atoms with Crippen molar-refractivity contribution in [1.82, 2.24) is 4.40 Å². The molecular formula is C22H14N2O2. The van der Waals surface area contributed by atoms with Gasteiger partial charge >= 0.3 is 0 Å². The van der Waals surface area contributed by atoms with Crippen LogP contribution in [0.2, 0.25) is 0 Å². The largest absolute Gasteiger partial charge is 0.308 e. The van der Waals surface area contributed by atoms with Gasteiger partial charge in [0.2, 0.25) is 0 Å². The van der Waals surface area contributed by atoms with Gasteiger partial charge in [-0.15, -0.1) is 0 Å². The van der Waals surface area contributed by atoms with E-state index in [1.54, 1.807) is 12.1 Å². The van der Waals surface area contributed by atoms with Crippen molar-refractivity contribution in [2.45, 2.75) is 0 Å². The van der Waals surface area contributed by atoms with Gasteiger partial charge < -0.3 is 4.40 Å². The van der Waals surface area contributed by atoms with Crippen LogP contribution < -0.4 is 0 Å². The molecule has 0 saturated carbocycles. The van der Waals surface area contributed by atoms with Crippen molar-refractivity contribution in [1.29, 1.82) is 0 Å². The lowest BCUT2D eigenvalue weighted by atomic mass is 10.0. The van der Waals surface area contributed by atoms with Crippen molar-refractivity contribution < 1.29 is 4.92 Å². The number of nitrogens with zero attached hydrogens (tertiary/aromatic N) is 2. The van der Waals surface area contributed by atoms with E-state index >= 15 is 0 Å². The SMILES string of the molecule is O=[N+]([O-])c1cccc2c1c1ccccc1c1ccc(-c3ccccc3)n12. The van der Waals surface area contributed by atoms with E-state index in [0.717, 1.165) is 33.1 Å². The van der Waals surface area contributed by atoms with Crippen LogP contribution in [0, 0.1) is 10.1 Å². The first-order chi connectivity index (χ1) is 12.8. The summed E-state index contributed by atoms with van der Waals surface area (Å²) in [5, 5.41) is 14.3. The average molecular weight is 338 g/mol. The minimum Gasteiger partial charge on any atom is -0.308 e. The molecule has 0 spiro atoms. The molecule has 3 aromatic carbocycles. The van der Waals surface area contributed by atoms with Gasteiger partial charge in [0.05, 0.1) is 27.0 Å². The Balaban J connectivity index is 2.07. The summed E-state index contributed by atoms with van der Waals surface area (Å²) in [7, 11) is 0. The molecule has 0 aliphatic rings. The Morgan fingerprint density at radius 1 is 0.692 bits per heavy atom. The Hall–Kier alpha value is -3.66. The Morgan fingerprint density at radius 2 is 1.42 bits per heavy atom. The molecule has 0 saturated heterocycles. The fourth-order valence-electron chi connectivity index (χ4n) is 3.81. The van der Waals surface area contributed by atoms with Crippen LogP contribution in [-0.2, 0) is 0 Å². The number of benzene rings is 3. The lowest BCUT2D eigenvalue weighted by Crippen LogP contribution is -1.96. The van der Waals surface area contributed by atoms with Gasteiger partial charge in [-0.3, -0.25) is 10.1 Å². The van der Waals surface area contributed by atoms with Crippen molar-refractivity contribution in [3.8, 4) is 11.3 Å². The molecule has 2 heterocycles. The zero-order chi connectivity index (χ0) is 17.7. The number of hydrogen-bond donors (Lipinski definition) is 0. The highest BCUT2D eigenvalue weighted by atomic mass is 16.6. The second kappa shape index (κ2) is 5.43. The maximum absolute atomic E-state index is 11.7. The molecule has 0 bridgehead atoms. The number of fused-ring (bicyclic) bond motifs is 6. The maximum Gasteiger partial charge on any atom is 0.279 e. The zero-order valence-corrected chi connectivity index (χ0v) is 13.8. The molecule has 124 valence electrons. The Labute approximate surface area is 149 Å². The van der Waals surface area contributed by atoms with Crippen LogP contribution in [0.1, 0.15) is 0 Å². The minimum atomic E-state index is -0.299. The molecule has 4 heteroatoms. The van der Waals surface area contributed by atoms with Gasteiger partial charge in [0.25, 0.3) is 5.69 Å². The van der Waals surface area contributed by atoms with Crippen molar-refractivity contribution in [2.24, 2.45) is 0 Å².